The van der Waals surface area contributed by atoms with Gasteiger partial charge in [-0.05, 0) is 6.92 Å². The van der Waals surface area contributed by atoms with E-state index < -0.39 is 29.5 Å². The molecule has 7 heteroatoms. The minimum atomic E-state index is -2.60. The number of hydrogen-bond acceptors (Lipinski definition) is 4. The molecule has 66 valence electrons. The minimum absolute atomic E-state index is 0.984. The third-order valence-electron chi connectivity index (χ3n) is 0.905. The molecule has 0 radical (unpaired) electrons. The maximum atomic E-state index is 10.4. The van der Waals surface area contributed by atoms with Crippen LogP contribution in [0.4, 0.5) is 0 Å². The SMILES string of the molecule is CC(O)C(OS(=O)O)C(N)=O. The van der Waals surface area contributed by atoms with Crippen molar-refractivity contribution in [2.45, 2.75) is 19.1 Å². The van der Waals surface area contributed by atoms with E-state index >= 15 is 0 Å². The number of aliphatic hydroxyl groups is 1. The van der Waals surface area contributed by atoms with Crippen LogP contribution in [0, 0.1) is 0 Å². The van der Waals surface area contributed by atoms with Gasteiger partial charge in [0.05, 0.1) is 6.10 Å². The topological polar surface area (TPSA) is 110 Å². The van der Waals surface area contributed by atoms with Crippen LogP contribution < -0.4 is 5.73 Å². The number of amides is 1. The van der Waals surface area contributed by atoms with Crippen molar-refractivity contribution >= 4 is 17.3 Å². The average molecular weight is 183 g/mol. The van der Waals surface area contributed by atoms with Gasteiger partial charge in [0.25, 0.3) is 5.91 Å². The van der Waals surface area contributed by atoms with E-state index in [1.807, 2.05) is 0 Å². The second-order valence-corrected chi connectivity index (χ2v) is 2.50. The Kier molecular flexibility index (Phi) is 4.19. The lowest BCUT2D eigenvalue weighted by atomic mass is 10.2. The van der Waals surface area contributed by atoms with Gasteiger partial charge in [0, 0.05) is 0 Å². The van der Waals surface area contributed by atoms with Crippen molar-refractivity contribution in [2.75, 3.05) is 0 Å². The molecule has 0 aliphatic carbocycles. The molecule has 0 saturated heterocycles. The van der Waals surface area contributed by atoms with E-state index in [0.717, 1.165) is 0 Å². The number of hydrogen-bond donors (Lipinski definition) is 3. The van der Waals surface area contributed by atoms with Crippen LogP contribution >= 0.6 is 0 Å². The molecule has 0 aromatic rings. The molecular weight excluding hydrogens is 174 g/mol. The summed E-state index contributed by atoms with van der Waals surface area (Å²) in [7, 11) is 0. The molecule has 0 saturated carbocycles. The van der Waals surface area contributed by atoms with E-state index in [1.54, 1.807) is 0 Å². The molecule has 0 aliphatic rings. The Balaban J connectivity index is 4.12. The Hall–Kier alpha value is -0.500. The molecule has 0 aliphatic heterocycles. The van der Waals surface area contributed by atoms with Crippen LogP contribution in [0.25, 0.3) is 0 Å². The largest absolute Gasteiger partial charge is 0.390 e. The molecule has 0 heterocycles. The van der Waals surface area contributed by atoms with Gasteiger partial charge in [-0.25, -0.2) is 0 Å². The van der Waals surface area contributed by atoms with Crippen molar-refractivity contribution < 1.29 is 22.8 Å². The summed E-state index contributed by atoms with van der Waals surface area (Å²) in [5, 5.41) is 8.76. The molecule has 0 aromatic heterocycles. The zero-order valence-corrected chi connectivity index (χ0v) is 6.58. The van der Waals surface area contributed by atoms with Gasteiger partial charge in [0.2, 0.25) is 0 Å². The minimum Gasteiger partial charge on any atom is -0.390 e. The predicted octanol–water partition coefficient (Wildman–Crippen LogP) is -1.63. The van der Waals surface area contributed by atoms with Gasteiger partial charge in [-0.3, -0.25) is 13.5 Å². The molecule has 0 bridgehead atoms. The zero-order chi connectivity index (χ0) is 9.02. The predicted molar refractivity (Wildman–Crippen MR) is 36.5 cm³/mol. The van der Waals surface area contributed by atoms with Crippen molar-refractivity contribution in [3.63, 3.8) is 0 Å². The van der Waals surface area contributed by atoms with E-state index in [9.17, 15) is 9.00 Å². The Morgan fingerprint density at radius 2 is 2.18 bits per heavy atom. The first-order valence-electron chi connectivity index (χ1n) is 2.70. The van der Waals surface area contributed by atoms with E-state index in [1.165, 1.54) is 6.92 Å². The summed E-state index contributed by atoms with van der Waals surface area (Å²) in [5.41, 5.74) is 4.72. The van der Waals surface area contributed by atoms with Gasteiger partial charge in [0.1, 0.15) is 0 Å². The monoisotopic (exact) mass is 183 g/mol. The number of nitrogens with two attached hydrogens (primary N) is 1. The van der Waals surface area contributed by atoms with Gasteiger partial charge in [-0.1, -0.05) is 0 Å². The van der Waals surface area contributed by atoms with Crippen molar-refractivity contribution in [3.05, 3.63) is 0 Å². The van der Waals surface area contributed by atoms with Crippen LogP contribution in [0.1, 0.15) is 6.92 Å². The molecular formula is C4H9NO5S. The van der Waals surface area contributed by atoms with Crippen molar-refractivity contribution in [3.8, 4) is 0 Å². The average Bonchev–Trinajstić information content (AvgIpc) is 1.81. The third kappa shape index (κ3) is 4.04. The van der Waals surface area contributed by atoms with Gasteiger partial charge in [-0.15, -0.1) is 0 Å². The first-order chi connectivity index (χ1) is 4.95. The lowest BCUT2D eigenvalue weighted by molar-refractivity contribution is -0.128. The highest BCUT2D eigenvalue weighted by Crippen LogP contribution is 1.99. The first kappa shape index (κ1) is 10.5. The second-order valence-electron chi connectivity index (χ2n) is 1.88. The molecule has 1 amide bonds. The molecule has 0 spiro atoms. The van der Waals surface area contributed by atoms with Crippen LogP contribution in [0.5, 0.6) is 0 Å². The number of aliphatic hydroxyl groups excluding tert-OH is 1. The molecule has 0 rings (SSSR count). The number of carbonyl (C=O) groups excluding carboxylic acids is 1. The lowest BCUT2D eigenvalue weighted by Crippen LogP contribution is -2.39. The maximum Gasteiger partial charge on any atom is 0.302 e. The number of carbonyl (C=O) groups is 1. The standard InChI is InChI=1S/C4H9NO5S/c1-2(6)3(4(5)7)10-11(8)9/h2-3,6H,1H3,(H2,5,7)(H,8,9). The van der Waals surface area contributed by atoms with Crippen molar-refractivity contribution in [1.82, 2.24) is 0 Å². The maximum absolute atomic E-state index is 10.4. The molecule has 4 N–H and O–H groups in total. The Labute approximate surface area is 65.8 Å². The van der Waals surface area contributed by atoms with Gasteiger partial charge < -0.3 is 10.8 Å². The van der Waals surface area contributed by atoms with Crippen LogP contribution in [-0.4, -0.2) is 32.0 Å². The highest BCUT2D eigenvalue weighted by Gasteiger charge is 2.24. The van der Waals surface area contributed by atoms with Crippen LogP contribution in [0.15, 0.2) is 0 Å². The first-order valence-corrected chi connectivity index (χ1v) is 3.73. The highest BCUT2D eigenvalue weighted by molar-refractivity contribution is 7.74. The molecule has 0 fully saturated rings. The van der Waals surface area contributed by atoms with Crippen LogP contribution in [0.3, 0.4) is 0 Å². The highest BCUT2D eigenvalue weighted by atomic mass is 32.2. The van der Waals surface area contributed by atoms with E-state index in [-0.39, 0.29) is 0 Å². The summed E-state index contributed by atoms with van der Waals surface area (Å²) in [5.74, 6) is -0.984. The fourth-order valence-corrected chi connectivity index (χ4v) is 0.887. The zero-order valence-electron chi connectivity index (χ0n) is 5.76. The normalized spacial score (nSPS) is 18.8. The summed E-state index contributed by atoms with van der Waals surface area (Å²) in [6.45, 7) is 1.22. The Bertz CT molecular complexity index is 170. The summed E-state index contributed by atoms with van der Waals surface area (Å²) in [6.07, 6.45) is -2.65. The molecule has 0 aromatic carbocycles. The van der Waals surface area contributed by atoms with Gasteiger partial charge >= 0.3 is 11.4 Å². The number of rotatable bonds is 4. The summed E-state index contributed by atoms with van der Waals surface area (Å²) < 4.78 is 22.2. The Morgan fingerprint density at radius 1 is 1.73 bits per heavy atom. The summed E-state index contributed by atoms with van der Waals surface area (Å²) in [6, 6.07) is 0. The summed E-state index contributed by atoms with van der Waals surface area (Å²) in [4.78, 5) is 10.4. The van der Waals surface area contributed by atoms with Crippen LogP contribution in [0.2, 0.25) is 0 Å². The van der Waals surface area contributed by atoms with Crippen molar-refractivity contribution in [2.24, 2.45) is 5.73 Å². The third-order valence-corrected chi connectivity index (χ3v) is 1.28. The van der Waals surface area contributed by atoms with Gasteiger partial charge in [-0.2, -0.15) is 4.21 Å². The molecule has 6 nitrogen and oxygen atoms in total. The Morgan fingerprint density at radius 3 is 2.27 bits per heavy atom. The summed E-state index contributed by atoms with van der Waals surface area (Å²) >= 11 is -2.60. The van der Waals surface area contributed by atoms with Crippen molar-refractivity contribution in [1.29, 1.82) is 0 Å². The van der Waals surface area contributed by atoms with Crippen LogP contribution in [-0.2, 0) is 20.3 Å². The van der Waals surface area contributed by atoms with E-state index in [2.05, 4.69) is 4.18 Å². The lowest BCUT2D eigenvalue weighted by Gasteiger charge is -2.13. The molecule has 11 heavy (non-hydrogen) atoms. The fraction of sp³-hybridized carbons (Fsp3) is 0.750. The molecule has 3 atom stereocenters. The fourth-order valence-electron chi connectivity index (χ4n) is 0.454. The molecule has 3 unspecified atom stereocenters. The number of primary amides is 1. The van der Waals surface area contributed by atoms with Gasteiger partial charge in [0.15, 0.2) is 6.10 Å². The van der Waals surface area contributed by atoms with E-state index in [4.69, 9.17) is 15.4 Å². The smallest absolute Gasteiger partial charge is 0.302 e. The van der Waals surface area contributed by atoms with E-state index in [0.29, 0.717) is 0 Å². The second kappa shape index (κ2) is 4.39. The quantitative estimate of drug-likeness (QED) is 0.453.